The van der Waals surface area contributed by atoms with E-state index in [2.05, 4.69) is 5.32 Å². The van der Waals surface area contributed by atoms with Crippen LogP contribution in [0.5, 0.6) is 0 Å². The van der Waals surface area contributed by atoms with E-state index < -0.39 is 37.3 Å². The zero-order valence-electron chi connectivity index (χ0n) is 11.3. The number of nitrogens with one attached hydrogen (secondary N) is 1. The summed E-state index contributed by atoms with van der Waals surface area (Å²) in [6.45, 7) is 1.90. The molecule has 2 aliphatic heterocycles. The lowest BCUT2D eigenvalue weighted by atomic mass is 9.97. The van der Waals surface area contributed by atoms with Gasteiger partial charge in [0.1, 0.15) is 24.4 Å². The van der Waals surface area contributed by atoms with Crippen molar-refractivity contribution in [1.82, 2.24) is 5.32 Å². The third-order valence-corrected chi connectivity index (χ3v) is 3.38. The molecule has 0 aromatic carbocycles. The van der Waals surface area contributed by atoms with Crippen molar-refractivity contribution in [2.45, 2.75) is 50.1 Å². The summed E-state index contributed by atoms with van der Waals surface area (Å²) in [5.41, 5.74) is 0. The number of rotatable bonds is 6. The van der Waals surface area contributed by atoms with Crippen molar-refractivity contribution < 1.29 is 34.3 Å². The molecule has 0 saturated carbocycles. The standard InChI is InChI=1S/C12H21NO7/c1-6(15)13-9-11(17)10(16)8(4-14)20-12(9)18-3-2-7-5-19-7/h7-12,14,16-17H,2-5H2,1H3,(H,13,15)/t7-,8-,9-,10-,11-,12-/m1/s1. The molecule has 0 bridgehead atoms. The van der Waals surface area contributed by atoms with E-state index in [1.165, 1.54) is 6.92 Å². The van der Waals surface area contributed by atoms with Gasteiger partial charge in [0.2, 0.25) is 5.91 Å². The second-order valence-electron chi connectivity index (χ2n) is 5.05. The summed E-state index contributed by atoms with van der Waals surface area (Å²) in [6.07, 6.45) is -3.54. The van der Waals surface area contributed by atoms with E-state index in [0.29, 0.717) is 19.6 Å². The lowest BCUT2D eigenvalue weighted by Crippen LogP contribution is -2.64. The number of carbonyl (C=O) groups excluding carboxylic acids is 1. The van der Waals surface area contributed by atoms with E-state index in [-0.39, 0.29) is 12.0 Å². The molecule has 0 aromatic rings. The van der Waals surface area contributed by atoms with Gasteiger partial charge in [-0.05, 0) is 6.42 Å². The summed E-state index contributed by atoms with van der Waals surface area (Å²) in [5.74, 6) is -0.369. The van der Waals surface area contributed by atoms with Gasteiger partial charge in [0.25, 0.3) is 0 Å². The maximum Gasteiger partial charge on any atom is 0.217 e. The van der Waals surface area contributed by atoms with E-state index in [4.69, 9.17) is 19.3 Å². The van der Waals surface area contributed by atoms with Crippen LogP contribution < -0.4 is 5.32 Å². The normalized spacial score (nSPS) is 40.4. The van der Waals surface area contributed by atoms with Gasteiger partial charge in [-0.25, -0.2) is 0 Å². The van der Waals surface area contributed by atoms with Crippen molar-refractivity contribution in [2.75, 3.05) is 19.8 Å². The molecule has 116 valence electrons. The summed E-state index contributed by atoms with van der Waals surface area (Å²) in [5, 5.41) is 31.4. The summed E-state index contributed by atoms with van der Waals surface area (Å²) >= 11 is 0. The highest BCUT2D eigenvalue weighted by Crippen LogP contribution is 2.23. The Kier molecular flexibility index (Phi) is 5.30. The Morgan fingerprint density at radius 3 is 2.65 bits per heavy atom. The molecule has 0 radical (unpaired) electrons. The van der Waals surface area contributed by atoms with Crippen LogP contribution in [0, 0.1) is 0 Å². The highest BCUT2D eigenvalue weighted by atomic mass is 16.7. The van der Waals surface area contributed by atoms with Crippen LogP contribution in [-0.2, 0) is 19.0 Å². The van der Waals surface area contributed by atoms with Gasteiger partial charge in [-0.15, -0.1) is 0 Å². The Morgan fingerprint density at radius 1 is 1.40 bits per heavy atom. The maximum atomic E-state index is 11.2. The van der Waals surface area contributed by atoms with Gasteiger partial charge in [-0.1, -0.05) is 0 Å². The van der Waals surface area contributed by atoms with E-state index in [9.17, 15) is 15.0 Å². The number of hydrogen-bond donors (Lipinski definition) is 4. The van der Waals surface area contributed by atoms with Crippen LogP contribution in [0.2, 0.25) is 0 Å². The second kappa shape index (κ2) is 6.79. The van der Waals surface area contributed by atoms with Crippen LogP contribution in [0.1, 0.15) is 13.3 Å². The fourth-order valence-corrected chi connectivity index (χ4v) is 2.16. The zero-order valence-corrected chi connectivity index (χ0v) is 11.3. The van der Waals surface area contributed by atoms with Crippen molar-refractivity contribution in [3.05, 3.63) is 0 Å². The highest BCUT2D eigenvalue weighted by Gasteiger charge is 2.45. The number of aliphatic hydroxyl groups excluding tert-OH is 3. The molecular formula is C12H21NO7. The van der Waals surface area contributed by atoms with Crippen molar-refractivity contribution in [3.8, 4) is 0 Å². The predicted octanol–water partition coefficient (Wildman–Crippen LogP) is -2.26. The quantitative estimate of drug-likeness (QED) is 0.407. The smallest absolute Gasteiger partial charge is 0.217 e. The van der Waals surface area contributed by atoms with E-state index in [1.807, 2.05) is 0 Å². The molecule has 2 saturated heterocycles. The van der Waals surface area contributed by atoms with Gasteiger partial charge >= 0.3 is 0 Å². The first kappa shape index (κ1) is 15.6. The minimum absolute atomic E-state index is 0.196. The van der Waals surface area contributed by atoms with E-state index in [1.54, 1.807) is 0 Å². The molecule has 1 amide bonds. The monoisotopic (exact) mass is 291 g/mol. The third kappa shape index (κ3) is 3.87. The molecule has 8 nitrogen and oxygen atoms in total. The van der Waals surface area contributed by atoms with Crippen LogP contribution >= 0.6 is 0 Å². The Hall–Kier alpha value is -0.770. The second-order valence-corrected chi connectivity index (χ2v) is 5.05. The first-order chi connectivity index (χ1) is 9.52. The van der Waals surface area contributed by atoms with E-state index in [0.717, 1.165) is 0 Å². The minimum Gasteiger partial charge on any atom is -0.394 e. The van der Waals surface area contributed by atoms with Crippen LogP contribution in [0.15, 0.2) is 0 Å². The molecule has 6 atom stereocenters. The van der Waals surface area contributed by atoms with E-state index >= 15 is 0 Å². The van der Waals surface area contributed by atoms with Gasteiger partial charge in [0, 0.05) is 6.92 Å². The predicted molar refractivity (Wildman–Crippen MR) is 65.7 cm³/mol. The van der Waals surface area contributed by atoms with Crippen LogP contribution in [-0.4, -0.2) is 77.8 Å². The maximum absolute atomic E-state index is 11.2. The molecule has 20 heavy (non-hydrogen) atoms. The Labute approximate surface area is 116 Å². The molecule has 2 aliphatic rings. The van der Waals surface area contributed by atoms with Crippen LogP contribution in [0.25, 0.3) is 0 Å². The van der Waals surface area contributed by atoms with Crippen molar-refractivity contribution >= 4 is 5.91 Å². The third-order valence-electron chi connectivity index (χ3n) is 3.38. The van der Waals surface area contributed by atoms with Crippen LogP contribution in [0.3, 0.4) is 0 Å². The number of epoxide rings is 1. The van der Waals surface area contributed by atoms with Gasteiger partial charge in [0.15, 0.2) is 6.29 Å². The minimum atomic E-state index is -1.29. The summed E-state index contributed by atoms with van der Waals surface area (Å²) < 4.78 is 15.9. The molecule has 2 fully saturated rings. The molecule has 0 aliphatic carbocycles. The molecule has 2 heterocycles. The van der Waals surface area contributed by atoms with Crippen molar-refractivity contribution in [3.63, 3.8) is 0 Å². The number of hydrogen-bond acceptors (Lipinski definition) is 7. The van der Waals surface area contributed by atoms with Gasteiger partial charge in [-0.3, -0.25) is 4.79 Å². The average Bonchev–Trinajstić information content (AvgIpc) is 3.21. The summed E-state index contributed by atoms with van der Waals surface area (Å²) in [4.78, 5) is 11.2. The molecule has 8 heteroatoms. The molecule has 0 unspecified atom stereocenters. The SMILES string of the molecule is CC(=O)N[C@H]1[C@H](OCC[C@@H]2CO2)O[C@H](CO)[C@@H](O)[C@@H]1O. The molecular weight excluding hydrogens is 270 g/mol. The molecule has 2 rings (SSSR count). The number of ether oxygens (including phenoxy) is 3. The zero-order chi connectivity index (χ0) is 14.7. The Morgan fingerprint density at radius 2 is 2.10 bits per heavy atom. The number of aliphatic hydroxyl groups is 3. The first-order valence-corrected chi connectivity index (χ1v) is 6.65. The Bertz CT molecular complexity index is 336. The van der Waals surface area contributed by atoms with Gasteiger partial charge in [0.05, 0.1) is 25.9 Å². The van der Waals surface area contributed by atoms with Crippen molar-refractivity contribution in [2.24, 2.45) is 0 Å². The summed E-state index contributed by atoms with van der Waals surface area (Å²) in [7, 11) is 0. The molecule has 0 aromatic heterocycles. The van der Waals surface area contributed by atoms with Gasteiger partial charge < -0.3 is 34.8 Å². The fourth-order valence-electron chi connectivity index (χ4n) is 2.16. The summed E-state index contributed by atoms with van der Waals surface area (Å²) in [6, 6.07) is -0.884. The number of amides is 1. The largest absolute Gasteiger partial charge is 0.394 e. The molecule has 0 spiro atoms. The highest BCUT2D eigenvalue weighted by molar-refractivity contribution is 5.73. The topological polar surface area (TPSA) is 121 Å². The molecule has 4 N–H and O–H groups in total. The average molecular weight is 291 g/mol. The van der Waals surface area contributed by atoms with Crippen LogP contribution in [0.4, 0.5) is 0 Å². The number of carbonyl (C=O) groups is 1. The lowest BCUT2D eigenvalue weighted by molar-refractivity contribution is -0.270. The fraction of sp³-hybridized carbons (Fsp3) is 0.917. The lowest BCUT2D eigenvalue weighted by Gasteiger charge is -2.42. The van der Waals surface area contributed by atoms with Gasteiger partial charge in [-0.2, -0.15) is 0 Å². The first-order valence-electron chi connectivity index (χ1n) is 6.65. The Balaban J connectivity index is 1.95. The van der Waals surface area contributed by atoms with Crippen molar-refractivity contribution in [1.29, 1.82) is 0 Å².